The molecule has 7 nitrogen and oxygen atoms in total. The summed E-state index contributed by atoms with van der Waals surface area (Å²) in [5.41, 5.74) is 5.50. The number of aromatic amines is 1. The van der Waals surface area contributed by atoms with E-state index < -0.39 is 0 Å². The minimum Gasteiger partial charge on any atom is -0.472 e. The first kappa shape index (κ1) is 14.9. The van der Waals surface area contributed by atoms with Gasteiger partial charge in [-0.1, -0.05) is 6.07 Å². The first-order valence-corrected chi connectivity index (χ1v) is 7.64. The number of amides is 1. The van der Waals surface area contributed by atoms with E-state index in [0.717, 1.165) is 22.4 Å². The van der Waals surface area contributed by atoms with Gasteiger partial charge in [-0.2, -0.15) is 10.4 Å². The number of rotatable bonds is 3. The van der Waals surface area contributed by atoms with Crippen molar-refractivity contribution >= 4 is 17.3 Å². The molecule has 0 aliphatic carbocycles. The number of hydrogen-bond acceptors (Lipinski definition) is 5. The highest BCUT2D eigenvalue weighted by Gasteiger charge is 2.20. The maximum absolute atomic E-state index is 12.4. The topological polar surface area (TPSA) is 107 Å². The Kier molecular flexibility index (Phi) is 3.43. The van der Waals surface area contributed by atoms with Gasteiger partial charge in [0.25, 0.3) is 5.91 Å². The third kappa shape index (κ3) is 2.50. The molecule has 0 atom stereocenters. The molecule has 0 fully saturated rings. The number of H-pyrrole nitrogens is 1. The molecule has 3 heterocycles. The highest BCUT2D eigenvalue weighted by molar-refractivity contribution is 6.15. The average molecular weight is 331 g/mol. The number of carbonyl (C=O) groups is 1. The van der Waals surface area contributed by atoms with E-state index >= 15 is 0 Å². The summed E-state index contributed by atoms with van der Waals surface area (Å²) in [4.78, 5) is 17.0. The van der Waals surface area contributed by atoms with Crippen molar-refractivity contribution in [3.8, 4) is 6.07 Å². The second kappa shape index (κ2) is 5.76. The Morgan fingerprint density at radius 1 is 1.40 bits per heavy atom. The number of nitrogens with zero attached hydrogens (tertiary/aromatic N) is 3. The second-order valence-electron chi connectivity index (χ2n) is 5.69. The van der Waals surface area contributed by atoms with Crippen molar-refractivity contribution in [2.75, 3.05) is 5.32 Å². The molecule has 0 unspecified atom stereocenters. The first-order chi connectivity index (χ1) is 12.2. The molecular weight excluding hydrogens is 318 g/mol. The van der Waals surface area contributed by atoms with E-state index in [1.54, 1.807) is 19.5 Å². The van der Waals surface area contributed by atoms with Crippen LogP contribution in [-0.4, -0.2) is 21.8 Å². The Balaban J connectivity index is 1.62. The predicted molar refractivity (Wildman–Crippen MR) is 90.5 cm³/mol. The van der Waals surface area contributed by atoms with Crippen LogP contribution in [0.1, 0.15) is 38.4 Å². The van der Waals surface area contributed by atoms with Crippen LogP contribution in [0.5, 0.6) is 0 Å². The molecule has 4 rings (SSSR count). The third-order valence-corrected chi connectivity index (χ3v) is 4.17. The van der Waals surface area contributed by atoms with Crippen molar-refractivity contribution in [3.05, 3.63) is 70.4 Å². The number of nitriles is 1. The molecule has 0 saturated heterocycles. The van der Waals surface area contributed by atoms with Crippen LogP contribution in [0.2, 0.25) is 0 Å². The fraction of sp³-hybridized carbons (Fsp3) is 0.111. The van der Waals surface area contributed by atoms with E-state index in [2.05, 4.69) is 20.5 Å². The van der Waals surface area contributed by atoms with E-state index in [1.165, 1.54) is 0 Å². The maximum Gasteiger partial charge on any atom is 0.273 e. The lowest BCUT2D eigenvalue weighted by Gasteiger charge is -2.08. The van der Waals surface area contributed by atoms with Gasteiger partial charge in [-0.05, 0) is 30.7 Å². The van der Waals surface area contributed by atoms with Gasteiger partial charge in [0.05, 0.1) is 24.8 Å². The first-order valence-electron chi connectivity index (χ1n) is 7.64. The zero-order chi connectivity index (χ0) is 17.4. The summed E-state index contributed by atoms with van der Waals surface area (Å²) in [7, 11) is 0. The van der Waals surface area contributed by atoms with Gasteiger partial charge >= 0.3 is 0 Å². The Hall–Kier alpha value is -3.66. The number of aliphatic imine (C=N–C) groups is 1. The lowest BCUT2D eigenvalue weighted by atomic mass is 10.0. The molecule has 1 aliphatic heterocycles. The minimum atomic E-state index is -0.341. The third-order valence-electron chi connectivity index (χ3n) is 4.17. The van der Waals surface area contributed by atoms with E-state index in [-0.39, 0.29) is 17.3 Å². The Morgan fingerprint density at radius 2 is 2.28 bits per heavy atom. The van der Waals surface area contributed by atoms with Crippen LogP contribution in [0.25, 0.3) is 0 Å². The van der Waals surface area contributed by atoms with Gasteiger partial charge in [0.1, 0.15) is 11.8 Å². The average Bonchev–Trinajstić information content (AvgIpc) is 3.33. The van der Waals surface area contributed by atoms with Crippen LogP contribution in [0.3, 0.4) is 0 Å². The summed E-state index contributed by atoms with van der Waals surface area (Å²) in [6, 6.07) is 9.47. The molecule has 0 spiro atoms. The van der Waals surface area contributed by atoms with Crippen LogP contribution in [0, 0.1) is 18.3 Å². The predicted octanol–water partition coefficient (Wildman–Crippen LogP) is 2.79. The summed E-state index contributed by atoms with van der Waals surface area (Å²) in [5.74, 6) is -0.341. The van der Waals surface area contributed by atoms with E-state index in [1.807, 2.05) is 30.3 Å². The molecule has 0 radical (unpaired) electrons. The van der Waals surface area contributed by atoms with Crippen LogP contribution in [-0.2, 0) is 6.54 Å². The highest BCUT2D eigenvalue weighted by atomic mass is 16.3. The monoisotopic (exact) mass is 331 g/mol. The number of aromatic nitrogens is 2. The van der Waals surface area contributed by atoms with Gasteiger partial charge in [-0.25, -0.2) is 0 Å². The van der Waals surface area contributed by atoms with Gasteiger partial charge in [-0.3, -0.25) is 14.9 Å². The summed E-state index contributed by atoms with van der Waals surface area (Å²) >= 11 is 0. The molecule has 1 amide bonds. The van der Waals surface area contributed by atoms with Gasteiger partial charge in [0.2, 0.25) is 0 Å². The number of fused-ring (bicyclic) bond motifs is 1. The summed E-state index contributed by atoms with van der Waals surface area (Å²) in [6.07, 6.45) is 3.26. The second-order valence-corrected chi connectivity index (χ2v) is 5.69. The van der Waals surface area contributed by atoms with Crippen LogP contribution < -0.4 is 5.32 Å². The number of furan rings is 1. The molecular formula is C18H13N5O2. The summed E-state index contributed by atoms with van der Waals surface area (Å²) < 4.78 is 5.13. The highest BCUT2D eigenvalue weighted by Crippen LogP contribution is 2.26. The molecule has 1 aliphatic rings. The SMILES string of the molecule is Cc1c(C#N)n[nH]c1C(=O)Nc1ccc2c(c1)C(c1ccoc1)=NC2. The normalized spacial score (nSPS) is 12.4. The Morgan fingerprint density at radius 3 is 3.00 bits per heavy atom. The van der Waals surface area contributed by atoms with E-state index in [9.17, 15) is 4.79 Å². The molecule has 3 aromatic rings. The lowest BCUT2D eigenvalue weighted by Crippen LogP contribution is -2.14. The van der Waals surface area contributed by atoms with E-state index in [4.69, 9.17) is 9.68 Å². The summed E-state index contributed by atoms with van der Waals surface area (Å²) in [5, 5.41) is 18.2. The zero-order valence-electron chi connectivity index (χ0n) is 13.3. The molecule has 1 aromatic carbocycles. The van der Waals surface area contributed by atoms with E-state index in [0.29, 0.717) is 17.8 Å². The summed E-state index contributed by atoms with van der Waals surface area (Å²) in [6.45, 7) is 2.29. The van der Waals surface area contributed by atoms with Crippen molar-refractivity contribution in [1.82, 2.24) is 10.2 Å². The molecule has 25 heavy (non-hydrogen) atoms. The number of carbonyl (C=O) groups excluding carboxylic acids is 1. The number of benzene rings is 1. The maximum atomic E-state index is 12.4. The quantitative estimate of drug-likeness (QED) is 0.769. The standard InChI is InChI=1S/C18H13N5O2/c1-10-15(7-19)22-23-16(10)18(24)21-13-3-2-11-8-20-17(14(11)6-13)12-4-5-25-9-12/h2-6,9H,8H2,1H3,(H,21,24)(H,22,23). The van der Waals surface area contributed by atoms with Crippen molar-refractivity contribution in [2.24, 2.45) is 4.99 Å². The van der Waals surface area contributed by atoms with Gasteiger partial charge < -0.3 is 9.73 Å². The fourth-order valence-electron chi connectivity index (χ4n) is 2.83. The zero-order valence-corrected chi connectivity index (χ0v) is 13.3. The van der Waals surface area contributed by atoms with Gasteiger partial charge in [0.15, 0.2) is 5.69 Å². The molecule has 0 bridgehead atoms. The van der Waals surface area contributed by atoms with Crippen molar-refractivity contribution in [1.29, 1.82) is 5.26 Å². The Bertz CT molecular complexity index is 1040. The van der Waals surface area contributed by atoms with Crippen molar-refractivity contribution in [2.45, 2.75) is 13.5 Å². The smallest absolute Gasteiger partial charge is 0.273 e. The fourth-order valence-corrected chi connectivity index (χ4v) is 2.83. The van der Waals surface area contributed by atoms with Crippen LogP contribution in [0.15, 0.2) is 46.2 Å². The minimum absolute atomic E-state index is 0.216. The largest absolute Gasteiger partial charge is 0.472 e. The van der Waals surface area contributed by atoms with Crippen LogP contribution in [0.4, 0.5) is 5.69 Å². The molecule has 2 N–H and O–H groups in total. The molecule has 7 heteroatoms. The van der Waals surface area contributed by atoms with Crippen molar-refractivity contribution in [3.63, 3.8) is 0 Å². The lowest BCUT2D eigenvalue weighted by molar-refractivity contribution is 0.102. The molecule has 2 aromatic heterocycles. The van der Waals surface area contributed by atoms with Crippen LogP contribution >= 0.6 is 0 Å². The number of anilines is 1. The molecule has 122 valence electrons. The molecule has 0 saturated carbocycles. The van der Waals surface area contributed by atoms with Crippen molar-refractivity contribution < 1.29 is 9.21 Å². The number of hydrogen-bond donors (Lipinski definition) is 2. The van der Waals surface area contributed by atoms with Gasteiger partial charge in [0, 0.05) is 22.4 Å². The van der Waals surface area contributed by atoms with Gasteiger partial charge in [-0.15, -0.1) is 0 Å². The number of nitrogens with one attached hydrogen (secondary N) is 2. The Labute approximate surface area is 143 Å².